The molecular formula is C17H21ClN4O. The van der Waals surface area contributed by atoms with Gasteiger partial charge in [0.1, 0.15) is 0 Å². The monoisotopic (exact) mass is 332 g/mol. The molecule has 1 aliphatic rings. The number of hydrogen-bond acceptors (Lipinski definition) is 3. The standard InChI is InChI=1S/C17H21ClN4O/c18-9-4-7-16(23)19-17-14-8-10-22(12-15(14)20-21-17)11-13-5-2-1-3-6-13/h1-3,5-6H,4,7-12H2,(H2,19,20,21,23). The van der Waals surface area contributed by atoms with Gasteiger partial charge in [0.05, 0.1) is 5.69 Å². The fraction of sp³-hybridized carbons (Fsp3) is 0.412. The Labute approximate surface area is 141 Å². The molecule has 0 atom stereocenters. The van der Waals surface area contributed by atoms with E-state index in [4.69, 9.17) is 11.6 Å². The highest BCUT2D eigenvalue weighted by atomic mass is 35.5. The Balaban J connectivity index is 1.61. The first-order valence-electron chi connectivity index (χ1n) is 7.94. The van der Waals surface area contributed by atoms with Gasteiger partial charge in [-0.2, -0.15) is 5.10 Å². The molecule has 6 heteroatoms. The number of aromatic nitrogens is 2. The van der Waals surface area contributed by atoms with Gasteiger partial charge >= 0.3 is 0 Å². The molecule has 122 valence electrons. The van der Waals surface area contributed by atoms with Crippen LogP contribution in [0.2, 0.25) is 0 Å². The van der Waals surface area contributed by atoms with Gasteiger partial charge in [-0.15, -0.1) is 11.6 Å². The summed E-state index contributed by atoms with van der Waals surface area (Å²) in [6.45, 7) is 2.72. The number of carbonyl (C=O) groups excluding carboxylic acids is 1. The topological polar surface area (TPSA) is 61.0 Å². The lowest BCUT2D eigenvalue weighted by Gasteiger charge is -2.26. The summed E-state index contributed by atoms with van der Waals surface area (Å²) in [4.78, 5) is 14.2. The van der Waals surface area contributed by atoms with Gasteiger partial charge in [-0.05, 0) is 18.4 Å². The molecule has 0 saturated carbocycles. The molecule has 0 radical (unpaired) electrons. The summed E-state index contributed by atoms with van der Waals surface area (Å²) >= 11 is 5.62. The molecule has 0 saturated heterocycles. The Bertz CT molecular complexity index is 656. The Kier molecular flexibility index (Phi) is 5.31. The van der Waals surface area contributed by atoms with Crippen LogP contribution < -0.4 is 5.32 Å². The van der Waals surface area contributed by atoms with Crippen molar-refractivity contribution in [2.24, 2.45) is 0 Å². The molecule has 0 bridgehead atoms. The zero-order valence-corrected chi connectivity index (χ0v) is 13.8. The highest BCUT2D eigenvalue weighted by molar-refractivity contribution is 6.18. The highest BCUT2D eigenvalue weighted by Gasteiger charge is 2.22. The lowest BCUT2D eigenvalue weighted by atomic mass is 10.1. The maximum absolute atomic E-state index is 11.8. The molecule has 0 fully saturated rings. The van der Waals surface area contributed by atoms with Crippen molar-refractivity contribution in [3.8, 4) is 0 Å². The number of rotatable bonds is 6. The molecular weight excluding hydrogens is 312 g/mol. The third-order valence-electron chi connectivity index (χ3n) is 4.06. The van der Waals surface area contributed by atoms with E-state index in [-0.39, 0.29) is 5.91 Å². The molecule has 2 aromatic rings. The van der Waals surface area contributed by atoms with Crippen molar-refractivity contribution in [2.75, 3.05) is 17.7 Å². The number of halogens is 1. The molecule has 0 spiro atoms. The van der Waals surface area contributed by atoms with E-state index in [9.17, 15) is 4.79 Å². The van der Waals surface area contributed by atoms with Crippen LogP contribution in [0, 0.1) is 0 Å². The second-order valence-electron chi connectivity index (χ2n) is 5.82. The van der Waals surface area contributed by atoms with E-state index in [2.05, 4.69) is 44.7 Å². The number of amides is 1. The second-order valence-corrected chi connectivity index (χ2v) is 6.19. The van der Waals surface area contributed by atoms with Crippen LogP contribution in [0.5, 0.6) is 0 Å². The van der Waals surface area contributed by atoms with E-state index in [0.29, 0.717) is 24.5 Å². The summed E-state index contributed by atoms with van der Waals surface area (Å²) in [5.41, 5.74) is 3.54. The normalized spacial score (nSPS) is 14.5. The molecule has 3 rings (SSSR count). The highest BCUT2D eigenvalue weighted by Crippen LogP contribution is 2.24. The van der Waals surface area contributed by atoms with E-state index in [1.54, 1.807) is 0 Å². The van der Waals surface area contributed by atoms with Gasteiger partial charge in [-0.3, -0.25) is 14.8 Å². The number of nitrogens with one attached hydrogen (secondary N) is 2. The predicted molar refractivity (Wildman–Crippen MR) is 91.4 cm³/mol. The lowest BCUT2D eigenvalue weighted by molar-refractivity contribution is -0.116. The summed E-state index contributed by atoms with van der Waals surface area (Å²) in [6.07, 6.45) is 2.01. The van der Waals surface area contributed by atoms with E-state index in [1.807, 2.05) is 6.07 Å². The average molecular weight is 333 g/mol. The number of anilines is 1. The number of carbonyl (C=O) groups is 1. The van der Waals surface area contributed by atoms with E-state index in [0.717, 1.165) is 37.3 Å². The van der Waals surface area contributed by atoms with Crippen LogP contribution in [0.1, 0.15) is 29.7 Å². The number of fused-ring (bicyclic) bond motifs is 1. The Morgan fingerprint density at radius 3 is 2.96 bits per heavy atom. The molecule has 1 aromatic carbocycles. The molecule has 2 heterocycles. The fourth-order valence-corrected chi connectivity index (χ4v) is 3.01. The minimum Gasteiger partial charge on any atom is -0.309 e. The summed E-state index contributed by atoms with van der Waals surface area (Å²) in [7, 11) is 0. The van der Waals surface area contributed by atoms with Gasteiger partial charge in [0.15, 0.2) is 5.82 Å². The van der Waals surface area contributed by atoms with Crippen molar-refractivity contribution in [3.63, 3.8) is 0 Å². The number of aromatic amines is 1. The number of hydrogen-bond donors (Lipinski definition) is 2. The molecule has 0 unspecified atom stereocenters. The summed E-state index contributed by atoms with van der Waals surface area (Å²) in [5, 5.41) is 10.2. The lowest BCUT2D eigenvalue weighted by Crippen LogP contribution is -2.30. The zero-order chi connectivity index (χ0) is 16.1. The number of benzene rings is 1. The van der Waals surface area contributed by atoms with Gasteiger partial charge < -0.3 is 5.32 Å². The first-order valence-corrected chi connectivity index (χ1v) is 8.48. The maximum atomic E-state index is 11.8. The SMILES string of the molecule is O=C(CCCCl)Nc1n[nH]c2c1CCN(Cc1ccccc1)C2. The van der Waals surface area contributed by atoms with Crippen LogP contribution in [0.3, 0.4) is 0 Å². The van der Waals surface area contributed by atoms with Crippen LogP contribution in [-0.2, 0) is 24.3 Å². The van der Waals surface area contributed by atoms with Crippen LogP contribution >= 0.6 is 11.6 Å². The van der Waals surface area contributed by atoms with Gasteiger partial charge in [0, 0.05) is 37.5 Å². The molecule has 2 N–H and O–H groups in total. The van der Waals surface area contributed by atoms with Crippen molar-refractivity contribution in [1.29, 1.82) is 0 Å². The first kappa shape index (κ1) is 16.0. The van der Waals surface area contributed by atoms with Gasteiger partial charge in [0.25, 0.3) is 0 Å². The third kappa shape index (κ3) is 4.12. The number of H-pyrrole nitrogens is 1. The third-order valence-corrected chi connectivity index (χ3v) is 4.32. The van der Waals surface area contributed by atoms with Crippen LogP contribution in [0.25, 0.3) is 0 Å². The van der Waals surface area contributed by atoms with Crippen molar-refractivity contribution in [2.45, 2.75) is 32.4 Å². The number of nitrogens with zero attached hydrogens (tertiary/aromatic N) is 2. The maximum Gasteiger partial charge on any atom is 0.225 e. The average Bonchev–Trinajstić information content (AvgIpc) is 2.96. The van der Waals surface area contributed by atoms with Gasteiger partial charge in [-0.1, -0.05) is 30.3 Å². The zero-order valence-electron chi connectivity index (χ0n) is 13.0. The largest absolute Gasteiger partial charge is 0.309 e. The molecule has 23 heavy (non-hydrogen) atoms. The van der Waals surface area contributed by atoms with Crippen molar-refractivity contribution in [1.82, 2.24) is 15.1 Å². The summed E-state index contributed by atoms with van der Waals surface area (Å²) in [5.74, 6) is 1.16. The molecule has 1 aromatic heterocycles. The minimum absolute atomic E-state index is 0.0216. The Hall–Kier alpha value is -1.85. The van der Waals surface area contributed by atoms with Crippen LogP contribution in [0.15, 0.2) is 30.3 Å². The van der Waals surface area contributed by atoms with Gasteiger partial charge in [-0.25, -0.2) is 0 Å². The molecule has 1 amide bonds. The molecule has 1 aliphatic heterocycles. The fourth-order valence-electron chi connectivity index (χ4n) is 2.88. The molecule has 0 aliphatic carbocycles. The Morgan fingerprint density at radius 2 is 2.17 bits per heavy atom. The van der Waals surface area contributed by atoms with Crippen molar-refractivity contribution < 1.29 is 4.79 Å². The Morgan fingerprint density at radius 1 is 1.35 bits per heavy atom. The minimum atomic E-state index is -0.0216. The summed E-state index contributed by atoms with van der Waals surface area (Å²) < 4.78 is 0. The summed E-state index contributed by atoms with van der Waals surface area (Å²) in [6, 6.07) is 10.5. The first-order chi connectivity index (χ1) is 11.3. The van der Waals surface area contributed by atoms with Crippen LogP contribution in [-0.4, -0.2) is 33.4 Å². The quantitative estimate of drug-likeness (QED) is 0.800. The van der Waals surface area contributed by atoms with E-state index in [1.165, 1.54) is 5.56 Å². The second kappa shape index (κ2) is 7.62. The van der Waals surface area contributed by atoms with Crippen molar-refractivity contribution >= 4 is 23.3 Å². The number of alkyl halides is 1. The van der Waals surface area contributed by atoms with Gasteiger partial charge in [0.2, 0.25) is 5.91 Å². The smallest absolute Gasteiger partial charge is 0.225 e. The predicted octanol–water partition coefficient (Wildman–Crippen LogP) is 2.93. The van der Waals surface area contributed by atoms with E-state index < -0.39 is 0 Å². The van der Waals surface area contributed by atoms with Crippen molar-refractivity contribution in [3.05, 3.63) is 47.2 Å². The van der Waals surface area contributed by atoms with E-state index >= 15 is 0 Å². The molecule has 5 nitrogen and oxygen atoms in total. The van der Waals surface area contributed by atoms with Crippen LogP contribution in [0.4, 0.5) is 5.82 Å².